The lowest BCUT2D eigenvalue weighted by atomic mass is 10.1. The monoisotopic (exact) mass is 288 g/mol. The number of carbonyl (C=O) groups is 1. The Labute approximate surface area is 127 Å². The van der Waals surface area contributed by atoms with E-state index in [9.17, 15) is 4.79 Å². The third-order valence-corrected chi connectivity index (χ3v) is 3.06. The molecule has 21 heavy (non-hydrogen) atoms. The molecule has 114 valence electrons. The zero-order valence-corrected chi connectivity index (χ0v) is 12.9. The van der Waals surface area contributed by atoms with Crippen LogP contribution < -0.4 is 5.32 Å². The van der Waals surface area contributed by atoms with E-state index in [1.807, 2.05) is 6.07 Å². The summed E-state index contributed by atoms with van der Waals surface area (Å²) in [4.78, 5) is 11.7. The molecule has 0 saturated heterocycles. The molecule has 0 fully saturated rings. The maximum absolute atomic E-state index is 11.7. The van der Waals surface area contributed by atoms with Crippen LogP contribution >= 0.6 is 0 Å². The highest BCUT2D eigenvalue weighted by Gasteiger charge is 2.02. The van der Waals surface area contributed by atoms with E-state index in [0.29, 0.717) is 24.5 Å². The number of benzene rings is 1. The summed E-state index contributed by atoms with van der Waals surface area (Å²) in [6.07, 6.45) is 3.43. The van der Waals surface area contributed by atoms with E-state index < -0.39 is 0 Å². The average Bonchev–Trinajstić information content (AvgIpc) is 2.46. The molecule has 0 heterocycles. The van der Waals surface area contributed by atoms with Gasteiger partial charge in [0.15, 0.2) is 0 Å². The van der Waals surface area contributed by atoms with Gasteiger partial charge in [-0.2, -0.15) is 5.26 Å². The number of anilines is 1. The second-order valence-electron chi connectivity index (χ2n) is 5.49. The van der Waals surface area contributed by atoms with Crippen molar-refractivity contribution in [2.45, 2.75) is 39.5 Å². The molecule has 0 spiro atoms. The molecule has 1 amide bonds. The van der Waals surface area contributed by atoms with Crippen molar-refractivity contribution in [3.8, 4) is 6.07 Å². The molecule has 4 nitrogen and oxygen atoms in total. The number of hydrogen-bond acceptors (Lipinski definition) is 3. The summed E-state index contributed by atoms with van der Waals surface area (Å²) in [6, 6.07) is 8.89. The number of amides is 1. The van der Waals surface area contributed by atoms with Crippen LogP contribution in [0.15, 0.2) is 24.3 Å². The van der Waals surface area contributed by atoms with Gasteiger partial charge in [0.25, 0.3) is 0 Å². The first-order chi connectivity index (χ1) is 10.1. The predicted molar refractivity (Wildman–Crippen MR) is 83.9 cm³/mol. The molecule has 0 aliphatic rings. The van der Waals surface area contributed by atoms with Gasteiger partial charge in [0.2, 0.25) is 5.91 Å². The van der Waals surface area contributed by atoms with E-state index in [4.69, 9.17) is 10.00 Å². The molecular formula is C17H24N2O2. The summed E-state index contributed by atoms with van der Waals surface area (Å²) in [5.41, 5.74) is 1.31. The highest BCUT2D eigenvalue weighted by Crippen LogP contribution is 2.09. The molecule has 0 radical (unpaired) electrons. The summed E-state index contributed by atoms with van der Waals surface area (Å²) in [7, 11) is 0. The first-order valence-corrected chi connectivity index (χ1v) is 7.49. The van der Waals surface area contributed by atoms with Gasteiger partial charge in [-0.25, -0.2) is 0 Å². The van der Waals surface area contributed by atoms with E-state index in [1.165, 1.54) is 6.42 Å². The lowest BCUT2D eigenvalue weighted by Crippen LogP contribution is -2.12. The summed E-state index contributed by atoms with van der Waals surface area (Å²) in [6.45, 7) is 5.80. The number of nitrogens with zero attached hydrogens (tertiary/aromatic N) is 1. The smallest absolute Gasteiger partial charge is 0.224 e. The van der Waals surface area contributed by atoms with Crippen LogP contribution in [0.1, 0.15) is 45.1 Å². The van der Waals surface area contributed by atoms with Gasteiger partial charge >= 0.3 is 0 Å². The highest BCUT2D eigenvalue weighted by atomic mass is 16.5. The lowest BCUT2D eigenvalue weighted by Gasteiger charge is -2.07. The van der Waals surface area contributed by atoms with Gasteiger partial charge < -0.3 is 10.1 Å². The SMILES string of the molecule is CC(C)CCCOCCCC(=O)Nc1ccc(C#N)cc1. The van der Waals surface area contributed by atoms with E-state index in [-0.39, 0.29) is 5.91 Å². The first kappa shape index (κ1) is 17.2. The Kier molecular flexibility index (Phi) is 8.15. The largest absolute Gasteiger partial charge is 0.381 e. The Morgan fingerprint density at radius 1 is 1.24 bits per heavy atom. The van der Waals surface area contributed by atoms with Crippen molar-refractivity contribution in [1.29, 1.82) is 5.26 Å². The van der Waals surface area contributed by atoms with Crippen molar-refractivity contribution < 1.29 is 9.53 Å². The molecule has 4 heteroatoms. The van der Waals surface area contributed by atoms with Crippen molar-refractivity contribution in [2.24, 2.45) is 5.92 Å². The number of rotatable bonds is 9. The molecular weight excluding hydrogens is 264 g/mol. The van der Waals surface area contributed by atoms with E-state index >= 15 is 0 Å². The summed E-state index contributed by atoms with van der Waals surface area (Å²) in [5, 5.41) is 11.5. The Bertz CT molecular complexity index is 461. The number of hydrogen-bond donors (Lipinski definition) is 1. The summed E-state index contributed by atoms with van der Waals surface area (Å²) in [5.74, 6) is 0.692. The third-order valence-electron chi connectivity index (χ3n) is 3.06. The number of nitrogens with one attached hydrogen (secondary N) is 1. The molecule has 1 aromatic rings. The van der Waals surface area contributed by atoms with Gasteiger partial charge in [0, 0.05) is 25.3 Å². The van der Waals surface area contributed by atoms with E-state index in [2.05, 4.69) is 19.2 Å². The van der Waals surface area contributed by atoms with Gasteiger partial charge in [-0.15, -0.1) is 0 Å². The summed E-state index contributed by atoms with van der Waals surface area (Å²) < 4.78 is 5.50. The van der Waals surface area contributed by atoms with Crippen molar-refractivity contribution in [2.75, 3.05) is 18.5 Å². The average molecular weight is 288 g/mol. The van der Waals surface area contributed by atoms with Crippen LogP contribution in [0, 0.1) is 17.2 Å². The normalized spacial score (nSPS) is 10.4. The molecule has 0 bridgehead atoms. The molecule has 1 N–H and O–H groups in total. The molecule has 0 unspecified atom stereocenters. The van der Waals surface area contributed by atoms with Crippen LogP contribution in [-0.4, -0.2) is 19.1 Å². The minimum atomic E-state index is -0.0227. The Balaban J connectivity index is 2.09. The van der Waals surface area contributed by atoms with Crippen molar-refractivity contribution in [3.05, 3.63) is 29.8 Å². The fourth-order valence-electron chi connectivity index (χ4n) is 1.88. The first-order valence-electron chi connectivity index (χ1n) is 7.49. The lowest BCUT2D eigenvalue weighted by molar-refractivity contribution is -0.116. The fourth-order valence-corrected chi connectivity index (χ4v) is 1.88. The van der Waals surface area contributed by atoms with Crippen LogP contribution in [0.25, 0.3) is 0 Å². The van der Waals surface area contributed by atoms with Crippen molar-refractivity contribution >= 4 is 11.6 Å². The van der Waals surface area contributed by atoms with E-state index in [1.54, 1.807) is 24.3 Å². The molecule has 0 atom stereocenters. The van der Waals surface area contributed by atoms with Crippen LogP contribution in [0.3, 0.4) is 0 Å². The van der Waals surface area contributed by atoms with Gasteiger partial charge in [-0.05, 0) is 49.4 Å². The quantitative estimate of drug-likeness (QED) is 0.704. The van der Waals surface area contributed by atoms with Gasteiger partial charge in [-0.1, -0.05) is 13.8 Å². The second-order valence-corrected chi connectivity index (χ2v) is 5.49. The molecule has 0 aliphatic heterocycles. The molecule has 0 saturated carbocycles. The van der Waals surface area contributed by atoms with Gasteiger partial charge in [0.1, 0.15) is 0 Å². The van der Waals surface area contributed by atoms with Gasteiger partial charge in [0.05, 0.1) is 11.6 Å². The molecule has 1 rings (SSSR count). The van der Waals surface area contributed by atoms with Crippen LogP contribution in [0.2, 0.25) is 0 Å². The standard InChI is InChI=1S/C17H24N2O2/c1-14(2)5-3-11-21-12-4-6-17(20)19-16-9-7-15(13-18)8-10-16/h7-10,14H,3-6,11-12H2,1-2H3,(H,19,20). The number of nitriles is 1. The minimum Gasteiger partial charge on any atom is -0.381 e. The van der Waals surface area contributed by atoms with Gasteiger partial charge in [-0.3, -0.25) is 4.79 Å². The van der Waals surface area contributed by atoms with E-state index in [0.717, 1.165) is 25.1 Å². The third kappa shape index (κ3) is 8.11. The maximum Gasteiger partial charge on any atom is 0.224 e. The topological polar surface area (TPSA) is 62.1 Å². The Morgan fingerprint density at radius 3 is 2.52 bits per heavy atom. The Morgan fingerprint density at radius 2 is 1.90 bits per heavy atom. The second kappa shape index (κ2) is 9.95. The molecule has 0 aromatic heterocycles. The zero-order chi connectivity index (χ0) is 15.5. The molecule has 0 aliphatic carbocycles. The van der Waals surface area contributed by atoms with Crippen LogP contribution in [0.4, 0.5) is 5.69 Å². The predicted octanol–water partition coefficient (Wildman–Crippen LogP) is 3.73. The maximum atomic E-state index is 11.7. The number of carbonyl (C=O) groups excluding carboxylic acids is 1. The molecule has 1 aromatic carbocycles. The van der Waals surface area contributed by atoms with Crippen LogP contribution in [-0.2, 0) is 9.53 Å². The van der Waals surface area contributed by atoms with Crippen LogP contribution in [0.5, 0.6) is 0 Å². The number of ether oxygens (including phenoxy) is 1. The van der Waals surface area contributed by atoms with Crippen molar-refractivity contribution in [1.82, 2.24) is 0 Å². The Hall–Kier alpha value is -1.86. The minimum absolute atomic E-state index is 0.0227. The summed E-state index contributed by atoms with van der Waals surface area (Å²) >= 11 is 0. The highest BCUT2D eigenvalue weighted by molar-refractivity contribution is 5.90. The van der Waals surface area contributed by atoms with Crippen molar-refractivity contribution in [3.63, 3.8) is 0 Å². The zero-order valence-electron chi connectivity index (χ0n) is 12.9. The fraction of sp³-hybridized carbons (Fsp3) is 0.529.